The molecule has 2 fully saturated rings. The number of aromatic nitrogens is 1. The fraction of sp³-hybridized carbons (Fsp3) is 0.478. The van der Waals surface area contributed by atoms with E-state index in [9.17, 15) is 9.90 Å². The molecule has 1 atom stereocenters. The van der Waals surface area contributed by atoms with Crippen molar-refractivity contribution < 1.29 is 14.6 Å². The van der Waals surface area contributed by atoms with Crippen molar-refractivity contribution in [2.75, 3.05) is 44.3 Å². The van der Waals surface area contributed by atoms with Crippen molar-refractivity contribution in [3.05, 3.63) is 59.8 Å². The van der Waals surface area contributed by atoms with Crippen molar-refractivity contribution in [3.8, 4) is 0 Å². The smallest absolute Gasteiger partial charge is 0.317 e. The third kappa shape index (κ3) is 5.09. The summed E-state index contributed by atoms with van der Waals surface area (Å²) in [5.41, 5.74) is 1.99. The van der Waals surface area contributed by atoms with Gasteiger partial charge in [0.05, 0.1) is 19.3 Å². The normalized spacial score (nSPS) is 18.8. The van der Waals surface area contributed by atoms with Crippen molar-refractivity contribution >= 4 is 11.8 Å². The van der Waals surface area contributed by atoms with E-state index in [2.05, 4.69) is 15.2 Å². The zero-order valence-corrected chi connectivity index (χ0v) is 17.2. The minimum absolute atomic E-state index is 0.0487. The maximum absolute atomic E-state index is 12.6. The predicted octanol–water partition coefficient (Wildman–Crippen LogP) is 2.57. The lowest BCUT2D eigenvalue weighted by Gasteiger charge is -2.34. The van der Waals surface area contributed by atoms with Gasteiger partial charge in [0.25, 0.3) is 0 Å². The maximum atomic E-state index is 12.6. The first-order valence-corrected chi connectivity index (χ1v) is 10.7. The number of nitrogens with one attached hydrogen (secondary N) is 1. The van der Waals surface area contributed by atoms with E-state index in [4.69, 9.17) is 4.74 Å². The average Bonchev–Trinajstić information content (AvgIpc) is 2.83. The highest BCUT2D eigenvalue weighted by Gasteiger charge is 2.28. The molecule has 160 valence electrons. The molecule has 2 aliphatic rings. The number of nitrogens with zero attached hydrogens (tertiary/aromatic N) is 3. The van der Waals surface area contributed by atoms with E-state index < -0.39 is 6.10 Å². The number of ether oxygens (including phenoxy) is 1. The number of benzene rings is 1. The molecule has 2 amide bonds. The second-order valence-corrected chi connectivity index (χ2v) is 7.96. The number of likely N-dealkylation sites (tertiary alicyclic amines) is 1. The van der Waals surface area contributed by atoms with Crippen LogP contribution in [0.5, 0.6) is 0 Å². The summed E-state index contributed by atoms with van der Waals surface area (Å²) in [6, 6.07) is 13.7. The molecule has 7 nitrogen and oxygen atoms in total. The van der Waals surface area contributed by atoms with E-state index in [1.54, 1.807) is 6.20 Å². The molecule has 0 aliphatic carbocycles. The second-order valence-electron chi connectivity index (χ2n) is 7.96. The minimum Gasteiger partial charge on any atom is -0.388 e. The maximum Gasteiger partial charge on any atom is 0.317 e. The van der Waals surface area contributed by atoms with Gasteiger partial charge in [0, 0.05) is 38.9 Å². The molecule has 7 heteroatoms. The number of aliphatic hydroxyl groups is 1. The Hall–Kier alpha value is -2.64. The summed E-state index contributed by atoms with van der Waals surface area (Å²) >= 11 is 0. The van der Waals surface area contributed by atoms with Crippen LogP contribution in [0.4, 0.5) is 10.6 Å². The van der Waals surface area contributed by atoms with Gasteiger partial charge in [-0.05, 0) is 42.0 Å². The topological polar surface area (TPSA) is 77.9 Å². The van der Waals surface area contributed by atoms with Crippen LogP contribution in [0.2, 0.25) is 0 Å². The van der Waals surface area contributed by atoms with Crippen LogP contribution in [0.3, 0.4) is 0 Å². The summed E-state index contributed by atoms with van der Waals surface area (Å²) in [4.78, 5) is 21.1. The molecule has 0 radical (unpaired) electrons. The Labute approximate surface area is 177 Å². The van der Waals surface area contributed by atoms with Crippen LogP contribution in [0, 0.1) is 5.92 Å². The zero-order valence-electron chi connectivity index (χ0n) is 17.2. The van der Waals surface area contributed by atoms with Crippen molar-refractivity contribution in [1.82, 2.24) is 15.2 Å². The largest absolute Gasteiger partial charge is 0.388 e. The van der Waals surface area contributed by atoms with Crippen LogP contribution in [0.25, 0.3) is 0 Å². The summed E-state index contributed by atoms with van der Waals surface area (Å²) in [6.45, 7) is 4.92. The SMILES string of the molecule is O=C(NCc1ccnc(N2CCOCC2)c1)N1CCC(C(O)c2ccccc2)CC1. The number of anilines is 1. The summed E-state index contributed by atoms with van der Waals surface area (Å²) in [7, 11) is 0. The molecule has 1 aromatic heterocycles. The summed E-state index contributed by atoms with van der Waals surface area (Å²) < 4.78 is 5.40. The number of carbonyl (C=O) groups is 1. The van der Waals surface area contributed by atoms with Crippen molar-refractivity contribution in [1.29, 1.82) is 0 Å². The molecule has 0 saturated carbocycles. The molecule has 4 rings (SSSR count). The first-order valence-electron chi connectivity index (χ1n) is 10.7. The number of rotatable bonds is 5. The van der Waals surface area contributed by atoms with Gasteiger partial charge in [0.15, 0.2) is 0 Å². The number of piperidine rings is 1. The standard InChI is InChI=1S/C23H30N4O3/c28-22(19-4-2-1-3-5-19)20-7-10-27(11-8-20)23(29)25-17-18-6-9-24-21(16-18)26-12-14-30-15-13-26/h1-6,9,16,20,22,28H,7-8,10-15,17H2,(H,25,29). The highest BCUT2D eigenvalue weighted by atomic mass is 16.5. The lowest BCUT2D eigenvalue weighted by molar-refractivity contribution is 0.0665. The molecule has 2 N–H and O–H groups in total. The summed E-state index contributed by atoms with van der Waals surface area (Å²) in [5.74, 6) is 1.12. The van der Waals surface area contributed by atoms with Crippen LogP contribution in [0.1, 0.15) is 30.1 Å². The monoisotopic (exact) mass is 410 g/mol. The zero-order chi connectivity index (χ0) is 20.8. The van der Waals surface area contributed by atoms with Crippen molar-refractivity contribution in [2.45, 2.75) is 25.5 Å². The summed E-state index contributed by atoms with van der Waals surface area (Å²) in [6.07, 6.45) is 2.94. The Balaban J connectivity index is 1.25. The van der Waals surface area contributed by atoms with E-state index >= 15 is 0 Å². The Morgan fingerprint density at radius 1 is 1.13 bits per heavy atom. The number of pyridine rings is 1. The second kappa shape index (κ2) is 9.91. The minimum atomic E-state index is -0.466. The molecular formula is C23H30N4O3. The third-order valence-corrected chi connectivity index (χ3v) is 6.00. The van der Waals surface area contributed by atoms with E-state index in [0.717, 1.165) is 56.1 Å². The highest BCUT2D eigenvalue weighted by Crippen LogP contribution is 2.30. The van der Waals surface area contributed by atoms with Crippen LogP contribution in [0.15, 0.2) is 48.7 Å². The van der Waals surface area contributed by atoms with Crippen LogP contribution in [-0.2, 0) is 11.3 Å². The Morgan fingerprint density at radius 3 is 2.60 bits per heavy atom. The van der Waals surface area contributed by atoms with Gasteiger partial charge in [-0.2, -0.15) is 0 Å². The van der Waals surface area contributed by atoms with Gasteiger partial charge in [0.2, 0.25) is 0 Å². The van der Waals surface area contributed by atoms with Gasteiger partial charge < -0.3 is 25.0 Å². The molecule has 1 unspecified atom stereocenters. The molecular weight excluding hydrogens is 380 g/mol. The van der Waals surface area contributed by atoms with Crippen molar-refractivity contribution in [3.63, 3.8) is 0 Å². The third-order valence-electron chi connectivity index (χ3n) is 6.00. The number of morpholine rings is 1. The quantitative estimate of drug-likeness (QED) is 0.792. The molecule has 30 heavy (non-hydrogen) atoms. The first-order chi connectivity index (χ1) is 14.7. The lowest BCUT2D eigenvalue weighted by Crippen LogP contribution is -2.45. The number of amides is 2. The molecule has 0 spiro atoms. The fourth-order valence-electron chi connectivity index (χ4n) is 4.17. The Bertz CT molecular complexity index is 818. The van der Waals surface area contributed by atoms with Crippen molar-refractivity contribution in [2.24, 2.45) is 5.92 Å². The van der Waals surface area contributed by atoms with Gasteiger partial charge in [-0.1, -0.05) is 30.3 Å². The van der Waals surface area contributed by atoms with E-state index in [1.807, 2.05) is 47.4 Å². The Kier molecular flexibility index (Phi) is 6.81. The number of hydrogen-bond acceptors (Lipinski definition) is 5. The predicted molar refractivity (Wildman–Crippen MR) is 115 cm³/mol. The fourth-order valence-corrected chi connectivity index (χ4v) is 4.17. The number of aliphatic hydroxyl groups excluding tert-OH is 1. The van der Waals surface area contributed by atoms with E-state index in [-0.39, 0.29) is 11.9 Å². The molecule has 3 heterocycles. The average molecular weight is 411 g/mol. The number of hydrogen-bond donors (Lipinski definition) is 2. The van der Waals surface area contributed by atoms with Crippen LogP contribution in [-0.4, -0.2) is 60.4 Å². The van der Waals surface area contributed by atoms with E-state index in [0.29, 0.717) is 19.6 Å². The Morgan fingerprint density at radius 2 is 1.87 bits per heavy atom. The van der Waals surface area contributed by atoms with Crippen LogP contribution >= 0.6 is 0 Å². The highest BCUT2D eigenvalue weighted by molar-refractivity contribution is 5.74. The number of urea groups is 1. The number of carbonyl (C=O) groups excluding carboxylic acids is 1. The lowest BCUT2D eigenvalue weighted by atomic mass is 9.87. The molecule has 2 saturated heterocycles. The summed E-state index contributed by atoms with van der Waals surface area (Å²) in [5, 5.41) is 13.6. The van der Waals surface area contributed by atoms with Gasteiger partial charge >= 0.3 is 6.03 Å². The first kappa shape index (κ1) is 20.6. The molecule has 2 aliphatic heterocycles. The van der Waals surface area contributed by atoms with Crippen LogP contribution < -0.4 is 10.2 Å². The molecule has 0 bridgehead atoms. The van der Waals surface area contributed by atoms with Gasteiger partial charge in [-0.3, -0.25) is 0 Å². The van der Waals surface area contributed by atoms with Gasteiger partial charge in [0.1, 0.15) is 5.82 Å². The van der Waals surface area contributed by atoms with E-state index in [1.165, 1.54) is 0 Å². The molecule has 1 aromatic carbocycles. The molecule has 2 aromatic rings. The van der Waals surface area contributed by atoms with Gasteiger partial charge in [-0.15, -0.1) is 0 Å². The van der Waals surface area contributed by atoms with Gasteiger partial charge in [-0.25, -0.2) is 9.78 Å².